The van der Waals surface area contributed by atoms with Crippen molar-refractivity contribution < 1.29 is 25.2 Å². The number of benzene rings is 2. The smallest absolute Gasteiger partial charge is 0.341 e. The molecular formula is C25H22ClF2N3O2S. The molecule has 34 heavy (non-hydrogen) atoms. The van der Waals surface area contributed by atoms with E-state index in [0.29, 0.717) is 20.7 Å². The minimum atomic E-state index is -3.01. The number of fused-ring (bicyclic) bond motifs is 1. The molecule has 5 rings (SSSR count). The maximum Gasteiger partial charge on any atom is 0.341 e. The van der Waals surface area contributed by atoms with E-state index in [1.807, 2.05) is 0 Å². The van der Waals surface area contributed by atoms with Gasteiger partial charge in [0.15, 0.2) is 11.6 Å². The van der Waals surface area contributed by atoms with Gasteiger partial charge in [-0.15, -0.1) is 0 Å². The zero-order valence-electron chi connectivity index (χ0n) is 22.9. The van der Waals surface area contributed by atoms with E-state index in [-0.39, 0.29) is 39.2 Å². The fraction of sp³-hybridized carbons (Fsp3) is 0.280. The largest absolute Gasteiger partial charge is 0.462 e. The van der Waals surface area contributed by atoms with Crippen LogP contribution >= 0.6 is 23.4 Å². The molecule has 176 valence electrons. The lowest BCUT2D eigenvalue weighted by molar-refractivity contribution is 0.0520. The van der Waals surface area contributed by atoms with Crippen molar-refractivity contribution in [1.82, 2.24) is 14.3 Å². The summed E-state index contributed by atoms with van der Waals surface area (Å²) >= 11 is 7.18. The molecule has 4 aromatic rings. The molecule has 0 radical (unpaired) electrons. The number of ether oxygens (including phenoxy) is 1. The first-order chi connectivity index (χ1) is 18.4. The van der Waals surface area contributed by atoms with Crippen molar-refractivity contribution in [3.8, 4) is 5.69 Å². The summed E-state index contributed by atoms with van der Waals surface area (Å²) in [5.41, 5.74) is 0.707. The highest BCUT2D eigenvalue weighted by Crippen LogP contribution is 2.51. The van der Waals surface area contributed by atoms with Gasteiger partial charge in [-0.3, -0.25) is 4.68 Å². The van der Waals surface area contributed by atoms with Gasteiger partial charge < -0.3 is 9.30 Å². The molecule has 9 heteroatoms. The zero-order chi connectivity index (χ0) is 28.3. The van der Waals surface area contributed by atoms with Gasteiger partial charge in [0, 0.05) is 43.6 Å². The number of carbonyl (C=O) groups excluding carboxylic acids is 1. The summed E-state index contributed by atoms with van der Waals surface area (Å²) < 4.78 is 77.1. The quantitative estimate of drug-likeness (QED) is 0.254. The van der Waals surface area contributed by atoms with Crippen LogP contribution in [0.4, 0.5) is 8.78 Å². The Morgan fingerprint density at radius 3 is 2.88 bits per heavy atom. The van der Waals surface area contributed by atoms with Gasteiger partial charge in [0.05, 0.1) is 37.3 Å². The standard InChI is InChI=1S/C25H22ClF2N3O2S/c1-3-30-13-15(12-29-30)31-22(14-8-9-14)24(17-10-11-18(26)21(28)23(17)31)34-19-7-5-6-16(20(19)27)25(32)33-4-2/h5-7,10-14H,3-4,8-9H2,1-2H3/i1D3,3D2. The van der Waals surface area contributed by atoms with Crippen LogP contribution < -0.4 is 0 Å². The maximum absolute atomic E-state index is 15.6. The Hall–Kier alpha value is -2.84. The van der Waals surface area contributed by atoms with Crippen LogP contribution in [0.3, 0.4) is 0 Å². The average molecular weight is 507 g/mol. The SMILES string of the molecule is [2H]C([2H])([2H])C([2H])([2H])n1cc(-n2c(C3CC3)c(Sc3cccc(C(=O)OCC)c3F)c3ccc(Cl)c(F)c32)cn1. The molecule has 1 aliphatic rings. The third kappa shape index (κ3) is 3.88. The number of hydrogen-bond donors (Lipinski definition) is 0. The third-order valence-electron chi connectivity index (χ3n) is 5.59. The molecule has 1 fully saturated rings. The van der Waals surface area contributed by atoms with Gasteiger partial charge in [-0.1, -0.05) is 29.4 Å². The number of halogens is 3. The van der Waals surface area contributed by atoms with Crippen LogP contribution in [0.25, 0.3) is 16.6 Å². The Morgan fingerprint density at radius 1 is 1.32 bits per heavy atom. The number of carbonyl (C=O) groups is 1. The molecule has 0 bridgehead atoms. The number of hydrogen-bond acceptors (Lipinski definition) is 4. The summed E-state index contributed by atoms with van der Waals surface area (Å²) in [5.74, 6) is -2.33. The topological polar surface area (TPSA) is 49.0 Å². The van der Waals surface area contributed by atoms with Crippen LogP contribution in [0.1, 0.15) is 55.4 Å². The van der Waals surface area contributed by atoms with Gasteiger partial charge in [0.2, 0.25) is 0 Å². The first-order valence-electron chi connectivity index (χ1n) is 13.1. The van der Waals surface area contributed by atoms with Gasteiger partial charge in [0.25, 0.3) is 0 Å². The number of esters is 1. The van der Waals surface area contributed by atoms with Crippen LogP contribution in [0.2, 0.25) is 5.02 Å². The molecule has 0 N–H and O–H groups in total. The molecule has 1 saturated carbocycles. The highest BCUT2D eigenvalue weighted by Gasteiger charge is 2.35. The summed E-state index contributed by atoms with van der Waals surface area (Å²) in [4.78, 5) is 12.9. The lowest BCUT2D eigenvalue weighted by Crippen LogP contribution is -2.07. The highest BCUT2D eigenvalue weighted by atomic mass is 35.5. The van der Waals surface area contributed by atoms with Crippen LogP contribution in [-0.2, 0) is 11.2 Å². The monoisotopic (exact) mass is 506 g/mol. The number of aryl methyl sites for hydroxylation is 1. The summed E-state index contributed by atoms with van der Waals surface area (Å²) in [6, 6.07) is 7.38. The molecule has 5 nitrogen and oxygen atoms in total. The van der Waals surface area contributed by atoms with Gasteiger partial charge in [-0.05, 0) is 50.9 Å². The normalized spacial score (nSPS) is 16.5. The second kappa shape index (κ2) is 9.07. The van der Waals surface area contributed by atoms with E-state index in [1.165, 1.54) is 36.7 Å². The second-order valence-corrected chi connectivity index (χ2v) is 9.24. The first kappa shape index (κ1) is 17.6. The molecule has 2 heterocycles. The third-order valence-corrected chi connectivity index (χ3v) is 7.05. The molecule has 0 saturated heterocycles. The molecule has 0 amide bonds. The minimum Gasteiger partial charge on any atom is -0.462 e. The molecule has 0 spiro atoms. The Bertz CT molecular complexity index is 1600. The Labute approximate surface area is 211 Å². The Kier molecular flexibility index (Phi) is 4.69. The zero-order valence-corrected chi connectivity index (χ0v) is 19.5. The van der Waals surface area contributed by atoms with Crippen LogP contribution in [0.15, 0.2) is 52.5 Å². The number of rotatable bonds is 7. The minimum absolute atomic E-state index is 0.0305. The van der Waals surface area contributed by atoms with Gasteiger partial charge in [-0.25, -0.2) is 13.6 Å². The van der Waals surface area contributed by atoms with Crippen LogP contribution in [0.5, 0.6) is 0 Å². The molecule has 0 unspecified atom stereocenters. The van der Waals surface area contributed by atoms with Gasteiger partial charge >= 0.3 is 5.97 Å². The van der Waals surface area contributed by atoms with Crippen LogP contribution in [-0.4, -0.2) is 26.9 Å². The van der Waals surface area contributed by atoms with Crippen molar-refractivity contribution in [3.05, 3.63) is 70.6 Å². The van der Waals surface area contributed by atoms with Crippen molar-refractivity contribution in [2.75, 3.05) is 6.61 Å². The number of nitrogens with zero attached hydrogens (tertiary/aromatic N) is 3. The highest BCUT2D eigenvalue weighted by molar-refractivity contribution is 7.99. The Balaban J connectivity index is 1.72. The Morgan fingerprint density at radius 2 is 2.15 bits per heavy atom. The summed E-state index contributed by atoms with van der Waals surface area (Å²) in [7, 11) is 0. The van der Waals surface area contributed by atoms with Crippen molar-refractivity contribution in [2.45, 2.75) is 48.8 Å². The summed E-state index contributed by atoms with van der Waals surface area (Å²) in [6.07, 6.45) is 4.00. The van der Waals surface area contributed by atoms with Gasteiger partial charge in [0.1, 0.15) is 0 Å². The fourth-order valence-electron chi connectivity index (χ4n) is 3.96. The van der Waals surface area contributed by atoms with E-state index >= 15 is 8.78 Å². The van der Waals surface area contributed by atoms with E-state index < -0.39 is 31.0 Å². The number of aromatic nitrogens is 3. The predicted octanol–water partition coefficient (Wildman–Crippen LogP) is 6.98. The maximum atomic E-state index is 15.6. The summed E-state index contributed by atoms with van der Waals surface area (Å²) in [5, 5.41) is 4.23. The van der Waals surface area contributed by atoms with E-state index in [4.69, 9.17) is 23.2 Å². The van der Waals surface area contributed by atoms with Crippen LogP contribution in [0, 0.1) is 11.6 Å². The molecule has 2 aromatic heterocycles. The van der Waals surface area contributed by atoms with E-state index in [9.17, 15) is 4.79 Å². The molecule has 2 aromatic carbocycles. The second-order valence-electron chi connectivity index (χ2n) is 7.78. The first-order valence-corrected chi connectivity index (χ1v) is 11.8. The molecule has 0 atom stereocenters. The average Bonchev–Trinajstić information content (AvgIpc) is 3.48. The van der Waals surface area contributed by atoms with Gasteiger partial charge in [-0.2, -0.15) is 5.10 Å². The summed E-state index contributed by atoms with van der Waals surface area (Å²) in [6.45, 7) is -4.12. The van der Waals surface area contributed by atoms with Crippen molar-refractivity contribution in [2.24, 2.45) is 0 Å². The lowest BCUT2D eigenvalue weighted by atomic mass is 10.2. The lowest BCUT2D eigenvalue weighted by Gasteiger charge is -2.11. The molecule has 1 aliphatic carbocycles. The van der Waals surface area contributed by atoms with Crippen molar-refractivity contribution >= 4 is 40.2 Å². The predicted molar refractivity (Wildman–Crippen MR) is 128 cm³/mol. The molecular weight excluding hydrogens is 480 g/mol. The fourth-order valence-corrected chi connectivity index (χ4v) is 5.31. The van der Waals surface area contributed by atoms with E-state index in [2.05, 4.69) is 5.10 Å². The molecule has 0 aliphatic heterocycles. The van der Waals surface area contributed by atoms with E-state index in [1.54, 1.807) is 17.6 Å². The van der Waals surface area contributed by atoms with Crippen molar-refractivity contribution in [3.63, 3.8) is 0 Å². The van der Waals surface area contributed by atoms with Crippen molar-refractivity contribution in [1.29, 1.82) is 0 Å². The van der Waals surface area contributed by atoms with E-state index in [0.717, 1.165) is 24.6 Å².